The van der Waals surface area contributed by atoms with Gasteiger partial charge in [0.05, 0.1) is 13.2 Å². The molecule has 0 saturated heterocycles. The molecular formula is C69H112NO8P. The van der Waals surface area contributed by atoms with Crippen LogP contribution >= 0.6 is 7.82 Å². The number of hydrogen-bond donors (Lipinski definition) is 2. The Hall–Kier alpha value is -4.37. The molecule has 2 atom stereocenters. The highest BCUT2D eigenvalue weighted by Crippen LogP contribution is 2.43. The van der Waals surface area contributed by atoms with Gasteiger partial charge < -0.3 is 20.1 Å². The number of phosphoric acid groups is 1. The van der Waals surface area contributed by atoms with Crippen LogP contribution in [0.5, 0.6) is 0 Å². The van der Waals surface area contributed by atoms with Gasteiger partial charge in [-0.15, -0.1) is 0 Å². The van der Waals surface area contributed by atoms with Crippen molar-refractivity contribution in [1.82, 2.24) is 0 Å². The highest BCUT2D eigenvalue weighted by Gasteiger charge is 2.26. The maximum Gasteiger partial charge on any atom is 0.472 e. The first-order chi connectivity index (χ1) is 38.8. The number of nitrogens with two attached hydrogens (primary N) is 1. The number of carbonyl (C=O) groups is 2. The topological polar surface area (TPSA) is 134 Å². The summed E-state index contributed by atoms with van der Waals surface area (Å²) in [6.45, 7) is 3.56. The number of allylic oxidation sites excluding steroid dienone is 26. The summed E-state index contributed by atoms with van der Waals surface area (Å²) in [4.78, 5) is 35.2. The summed E-state index contributed by atoms with van der Waals surface area (Å²) in [6, 6.07) is 0. The molecule has 0 spiro atoms. The minimum atomic E-state index is -4.41. The third-order valence-electron chi connectivity index (χ3n) is 12.4. The van der Waals surface area contributed by atoms with Gasteiger partial charge in [0.25, 0.3) is 0 Å². The van der Waals surface area contributed by atoms with Crippen molar-refractivity contribution in [2.45, 2.75) is 238 Å². The van der Waals surface area contributed by atoms with Gasteiger partial charge in [-0.05, 0) is 128 Å². The zero-order chi connectivity index (χ0) is 57.3. The Morgan fingerprint density at radius 2 is 0.696 bits per heavy atom. The minimum absolute atomic E-state index is 0.0386. The van der Waals surface area contributed by atoms with Gasteiger partial charge in [-0.3, -0.25) is 18.6 Å². The smallest absolute Gasteiger partial charge is 0.462 e. The Kier molecular flexibility index (Phi) is 59.3. The van der Waals surface area contributed by atoms with E-state index in [4.69, 9.17) is 24.3 Å². The van der Waals surface area contributed by atoms with Crippen molar-refractivity contribution in [2.24, 2.45) is 5.73 Å². The van der Waals surface area contributed by atoms with Gasteiger partial charge >= 0.3 is 19.8 Å². The molecule has 0 amide bonds. The molecule has 0 heterocycles. The molecule has 0 radical (unpaired) electrons. The number of rotatable bonds is 56. The van der Waals surface area contributed by atoms with Gasteiger partial charge in [0.2, 0.25) is 0 Å². The van der Waals surface area contributed by atoms with Crippen LogP contribution in [0.25, 0.3) is 0 Å². The van der Waals surface area contributed by atoms with E-state index in [2.05, 4.69) is 172 Å². The summed E-state index contributed by atoms with van der Waals surface area (Å²) < 4.78 is 33.0. The Labute approximate surface area is 483 Å². The van der Waals surface area contributed by atoms with Gasteiger partial charge in [0, 0.05) is 19.4 Å². The van der Waals surface area contributed by atoms with Crippen LogP contribution in [0.1, 0.15) is 232 Å². The van der Waals surface area contributed by atoms with Crippen LogP contribution in [0.15, 0.2) is 158 Å². The molecule has 0 saturated carbocycles. The van der Waals surface area contributed by atoms with Gasteiger partial charge in [-0.25, -0.2) is 4.57 Å². The fourth-order valence-corrected chi connectivity index (χ4v) is 8.61. The van der Waals surface area contributed by atoms with Crippen molar-refractivity contribution >= 4 is 19.8 Å². The first-order valence-electron chi connectivity index (χ1n) is 31.0. The first kappa shape index (κ1) is 74.6. The van der Waals surface area contributed by atoms with Crippen LogP contribution in [0.2, 0.25) is 0 Å². The van der Waals surface area contributed by atoms with Crippen molar-refractivity contribution < 1.29 is 37.6 Å². The average molecular weight is 1110 g/mol. The quantitative estimate of drug-likeness (QED) is 0.0264. The minimum Gasteiger partial charge on any atom is -0.462 e. The number of hydrogen-bond acceptors (Lipinski definition) is 8. The van der Waals surface area contributed by atoms with E-state index in [-0.39, 0.29) is 32.6 Å². The van der Waals surface area contributed by atoms with E-state index in [1.807, 2.05) is 0 Å². The average Bonchev–Trinajstić information content (AvgIpc) is 3.44. The molecule has 0 rings (SSSR count). The lowest BCUT2D eigenvalue weighted by atomic mass is 10.1. The second kappa shape index (κ2) is 62.8. The predicted molar refractivity (Wildman–Crippen MR) is 339 cm³/mol. The third-order valence-corrected chi connectivity index (χ3v) is 13.4. The predicted octanol–water partition coefficient (Wildman–Crippen LogP) is 20.1. The second-order valence-electron chi connectivity index (χ2n) is 19.8. The molecule has 0 aromatic carbocycles. The molecule has 0 aromatic heterocycles. The maximum atomic E-state index is 12.7. The van der Waals surface area contributed by atoms with E-state index in [0.717, 1.165) is 122 Å². The summed E-state index contributed by atoms with van der Waals surface area (Å²) >= 11 is 0. The molecule has 0 aliphatic carbocycles. The van der Waals surface area contributed by atoms with E-state index in [0.29, 0.717) is 12.8 Å². The number of unbranched alkanes of at least 4 members (excludes halogenated alkanes) is 17. The van der Waals surface area contributed by atoms with Crippen molar-refractivity contribution in [2.75, 3.05) is 26.4 Å². The van der Waals surface area contributed by atoms with E-state index >= 15 is 0 Å². The Bertz CT molecular complexity index is 1850. The maximum absolute atomic E-state index is 12.7. The Morgan fingerprint density at radius 1 is 0.392 bits per heavy atom. The number of phosphoric ester groups is 1. The molecule has 3 N–H and O–H groups in total. The van der Waals surface area contributed by atoms with Crippen LogP contribution in [-0.2, 0) is 32.7 Å². The SMILES string of the molecule is CC/C=C\C/C=C\C/C=C\C/C=C\C/C=C\C/C=C\C/C=C\C/C=C\C/C=C\C/C=C\C/C=C\CCCCCC(=O)OC(COC(=O)CCCCCCCCCCC/C=C\C/C=C\CCCCCCC)COP(=O)(O)OCCN. The largest absolute Gasteiger partial charge is 0.472 e. The standard InChI is InChI=1S/C69H112NO8P/c1-3-5-7-9-11-13-15-17-19-21-23-25-26-27-28-29-30-31-32-33-34-35-36-37-38-39-40-42-44-46-48-50-52-54-56-58-60-62-69(72)78-67(66-77-79(73,74)76-64-63-70)65-75-68(71)61-59-57-55-53-51-49-47-45-43-41-24-22-20-18-16-14-12-10-8-6-4-2/h5,7,11,13,16-19,22-25,27-28,30-31,33-34,36-37,39-40,44,46,50,52,67H,3-4,6,8-10,12,14-15,20-21,26,29,32,35,38,41-43,45,47-49,51,53-66,70H2,1-2H3,(H,73,74)/b7-5-,13-11-,18-16-,19-17-,24-22-,25-23-,28-27-,31-30-,34-33-,37-36-,40-39-,46-44-,52-50-. The lowest BCUT2D eigenvalue weighted by Crippen LogP contribution is -2.29. The summed E-state index contributed by atoms with van der Waals surface area (Å²) in [5.41, 5.74) is 5.38. The molecule has 10 heteroatoms. The zero-order valence-corrected chi connectivity index (χ0v) is 50.7. The van der Waals surface area contributed by atoms with Gasteiger partial charge in [0.1, 0.15) is 6.61 Å². The van der Waals surface area contributed by atoms with Crippen LogP contribution in [-0.4, -0.2) is 49.3 Å². The fourth-order valence-electron chi connectivity index (χ4n) is 7.85. The third kappa shape index (κ3) is 62.7. The number of ether oxygens (including phenoxy) is 2. The molecule has 0 aromatic rings. The van der Waals surface area contributed by atoms with Crippen LogP contribution in [0.4, 0.5) is 0 Å². The van der Waals surface area contributed by atoms with Crippen molar-refractivity contribution in [3.63, 3.8) is 0 Å². The van der Waals surface area contributed by atoms with Crippen LogP contribution in [0, 0.1) is 0 Å². The first-order valence-corrected chi connectivity index (χ1v) is 32.5. The van der Waals surface area contributed by atoms with E-state index in [1.54, 1.807) is 0 Å². The molecular weight excluding hydrogens is 1000 g/mol. The molecule has 0 aliphatic heterocycles. The Balaban J connectivity index is 4.10. The molecule has 2 unspecified atom stereocenters. The summed E-state index contributed by atoms with van der Waals surface area (Å²) in [5, 5.41) is 0. The monoisotopic (exact) mass is 1110 g/mol. The molecule has 9 nitrogen and oxygen atoms in total. The van der Waals surface area contributed by atoms with Crippen molar-refractivity contribution in [1.29, 1.82) is 0 Å². The van der Waals surface area contributed by atoms with E-state index < -0.39 is 32.5 Å². The number of esters is 2. The lowest BCUT2D eigenvalue weighted by Gasteiger charge is -2.19. The van der Waals surface area contributed by atoms with Gasteiger partial charge in [0.15, 0.2) is 6.10 Å². The molecule has 0 bridgehead atoms. The normalized spacial score (nSPS) is 14.1. The molecule has 0 aliphatic rings. The summed E-state index contributed by atoms with van der Waals surface area (Å²) in [7, 11) is -4.41. The van der Waals surface area contributed by atoms with Crippen LogP contribution < -0.4 is 5.73 Å². The van der Waals surface area contributed by atoms with E-state index in [1.165, 1.54) is 70.6 Å². The van der Waals surface area contributed by atoms with Gasteiger partial charge in [-0.2, -0.15) is 0 Å². The summed E-state index contributed by atoms with van der Waals surface area (Å²) in [5.74, 6) is -0.881. The zero-order valence-electron chi connectivity index (χ0n) is 49.8. The molecule has 79 heavy (non-hydrogen) atoms. The van der Waals surface area contributed by atoms with E-state index in [9.17, 15) is 19.0 Å². The fraction of sp³-hybridized carbons (Fsp3) is 0.594. The second-order valence-corrected chi connectivity index (χ2v) is 21.3. The molecule has 446 valence electrons. The molecule has 0 fully saturated rings. The lowest BCUT2D eigenvalue weighted by molar-refractivity contribution is -0.161. The van der Waals surface area contributed by atoms with Crippen molar-refractivity contribution in [3.05, 3.63) is 158 Å². The summed E-state index contributed by atoms with van der Waals surface area (Å²) in [6.07, 6.45) is 91.6. The van der Waals surface area contributed by atoms with Gasteiger partial charge in [-0.1, -0.05) is 249 Å². The highest BCUT2D eigenvalue weighted by molar-refractivity contribution is 7.47. The van der Waals surface area contributed by atoms with Crippen molar-refractivity contribution in [3.8, 4) is 0 Å². The number of carbonyl (C=O) groups excluding carboxylic acids is 2. The Morgan fingerprint density at radius 3 is 1.05 bits per heavy atom. The van der Waals surface area contributed by atoms with Crippen LogP contribution in [0.3, 0.4) is 0 Å². The highest BCUT2D eigenvalue weighted by atomic mass is 31.2.